The number of thiazole rings is 1. The van der Waals surface area contributed by atoms with Gasteiger partial charge in [-0.1, -0.05) is 37.8 Å². The fourth-order valence-corrected chi connectivity index (χ4v) is 4.69. The molecule has 0 radical (unpaired) electrons. The molecule has 0 N–H and O–H groups in total. The first kappa shape index (κ1) is 26.7. The van der Waals surface area contributed by atoms with E-state index >= 15 is 0 Å². The predicted molar refractivity (Wildman–Crippen MR) is 142 cm³/mol. The number of hydrogen-bond donors (Lipinski definition) is 0. The highest BCUT2D eigenvalue weighted by Gasteiger charge is 2.24. The molecule has 1 aromatic carbocycles. The molecule has 37 heavy (non-hydrogen) atoms. The Bertz CT molecular complexity index is 1300. The number of hydrogen-bond acceptors (Lipinski definition) is 8. The van der Waals surface area contributed by atoms with Gasteiger partial charge in [-0.3, -0.25) is 0 Å². The molecule has 1 aliphatic heterocycles. The first-order chi connectivity index (χ1) is 17.7. The van der Waals surface area contributed by atoms with E-state index in [0.29, 0.717) is 5.92 Å². The van der Waals surface area contributed by atoms with Gasteiger partial charge >= 0.3 is 5.82 Å². The highest BCUT2D eigenvalue weighted by Crippen LogP contribution is 2.34. The summed E-state index contributed by atoms with van der Waals surface area (Å²) < 4.78 is 17.6. The molecule has 8 nitrogen and oxygen atoms in total. The van der Waals surface area contributed by atoms with Crippen LogP contribution in [0.4, 0.5) is 5.82 Å². The van der Waals surface area contributed by atoms with Crippen molar-refractivity contribution in [1.29, 1.82) is 0 Å². The average Bonchev–Trinajstić information content (AvgIpc) is 3.38. The lowest BCUT2D eigenvalue weighted by Gasteiger charge is -2.29. The smallest absolute Gasteiger partial charge is 0.406 e. The molecule has 0 spiro atoms. The van der Waals surface area contributed by atoms with Crippen molar-refractivity contribution in [2.24, 2.45) is 0 Å². The minimum atomic E-state index is -0.659. The predicted octanol–water partition coefficient (Wildman–Crippen LogP) is 6.49. The maximum absolute atomic E-state index is 11.6. The zero-order chi connectivity index (χ0) is 26.4. The fourth-order valence-electron chi connectivity index (χ4n) is 3.79. The van der Waals surface area contributed by atoms with E-state index in [1.165, 1.54) is 6.20 Å². The van der Waals surface area contributed by atoms with Crippen molar-refractivity contribution >= 4 is 17.2 Å². The van der Waals surface area contributed by atoms with E-state index in [1.807, 2.05) is 38.1 Å². The SMILES string of the molecule is CC(C)c1ncc(-c2cnc([N+](=O)[O-])c(OCc3cccc(C#CC(C)(C)OC4CCCCO4)c3)c2)s1. The summed E-state index contributed by atoms with van der Waals surface area (Å²) in [4.78, 5) is 20.4. The first-order valence-electron chi connectivity index (χ1n) is 12.3. The quantitative estimate of drug-likeness (QED) is 0.190. The van der Waals surface area contributed by atoms with Gasteiger partial charge in [0.05, 0.1) is 9.88 Å². The Hall–Kier alpha value is -3.32. The summed E-state index contributed by atoms with van der Waals surface area (Å²) in [5.41, 5.74) is 1.71. The lowest BCUT2D eigenvalue weighted by molar-refractivity contribution is -0.390. The molecule has 1 atom stereocenters. The van der Waals surface area contributed by atoms with Crippen LogP contribution in [0.25, 0.3) is 10.4 Å². The van der Waals surface area contributed by atoms with E-state index in [9.17, 15) is 10.1 Å². The maximum Gasteiger partial charge on any atom is 0.406 e. The summed E-state index contributed by atoms with van der Waals surface area (Å²) in [7, 11) is 0. The second-order valence-corrected chi connectivity index (χ2v) is 10.7. The van der Waals surface area contributed by atoms with Crippen LogP contribution in [0.5, 0.6) is 5.75 Å². The number of rotatable bonds is 8. The van der Waals surface area contributed by atoms with Gasteiger partial charge in [-0.05, 0) is 60.7 Å². The van der Waals surface area contributed by atoms with E-state index in [1.54, 1.807) is 23.6 Å². The first-order valence-corrected chi connectivity index (χ1v) is 13.2. The summed E-state index contributed by atoms with van der Waals surface area (Å²) in [6.07, 6.45) is 6.06. The lowest BCUT2D eigenvalue weighted by atomic mass is 10.1. The standard InChI is InChI=1S/C28H31N3O5S/c1-19(2)27-30-17-24(37-27)22-15-23(26(29-16-22)31(32)33)35-18-21-9-7-8-20(14-21)11-12-28(3,4)36-25-10-5-6-13-34-25/h7-9,14-17,19,25H,5-6,10,13,18H2,1-4H3. The minimum absolute atomic E-state index is 0.112. The van der Waals surface area contributed by atoms with Crippen molar-refractivity contribution in [3.8, 4) is 28.0 Å². The number of nitrogens with zero attached hydrogens (tertiary/aromatic N) is 3. The van der Waals surface area contributed by atoms with Gasteiger partial charge in [0.2, 0.25) is 5.75 Å². The monoisotopic (exact) mass is 521 g/mol. The molecule has 1 saturated heterocycles. The van der Waals surface area contributed by atoms with Crippen LogP contribution in [0.2, 0.25) is 0 Å². The van der Waals surface area contributed by atoms with Gasteiger partial charge in [-0.2, -0.15) is 0 Å². The normalized spacial score (nSPS) is 15.8. The third kappa shape index (κ3) is 7.35. The molecule has 1 unspecified atom stereocenters. The Balaban J connectivity index is 1.47. The summed E-state index contributed by atoms with van der Waals surface area (Å²) in [6, 6.07) is 9.24. The van der Waals surface area contributed by atoms with Crippen molar-refractivity contribution in [1.82, 2.24) is 9.97 Å². The highest BCUT2D eigenvalue weighted by atomic mass is 32.1. The Morgan fingerprint density at radius 3 is 2.78 bits per heavy atom. The van der Waals surface area contributed by atoms with E-state index in [-0.39, 0.29) is 24.5 Å². The van der Waals surface area contributed by atoms with Crippen LogP contribution in [0.1, 0.15) is 69.0 Å². The molecule has 1 fully saturated rings. The Morgan fingerprint density at radius 2 is 2.08 bits per heavy atom. The number of ether oxygens (including phenoxy) is 3. The van der Waals surface area contributed by atoms with Crippen molar-refractivity contribution in [3.05, 3.63) is 69.0 Å². The van der Waals surface area contributed by atoms with Crippen LogP contribution in [0.15, 0.2) is 42.7 Å². The highest BCUT2D eigenvalue weighted by molar-refractivity contribution is 7.15. The topological polar surface area (TPSA) is 96.6 Å². The maximum atomic E-state index is 11.6. The Kier molecular flexibility index (Phi) is 8.54. The van der Waals surface area contributed by atoms with Gasteiger partial charge in [0.1, 0.15) is 18.4 Å². The van der Waals surface area contributed by atoms with Crippen molar-refractivity contribution in [2.75, 3.05) is 6.61 Å². The summed E-state index contributed by atoms with van der Waals surface area (Å²) in [6.45, 7) is 8.85. The number of benzene rings is 1. The number of pyridine rings is 1. The van der Waals surface area contributed by atoms with E-state index < -0.39 is 10.5 Å². The van der Waals surface area contributed by atoms with Gasteiger partial charge < -0.3 is 24.3 Å². The van der Waals surface area contributed by atoms with Crippen LogP contribution in [-0.4, -0.2) is 33.4 Å². The molecule has 1 aliphatic rings. The Labute approximate surface area is 221 Å². The lowest BCUT2D eigenvalue weighted by Crippen LogP contribution is -2.33. The van der Waals surface area contributed by atoms with Crippen LogP contribution >= 0.6 is 11.3 Å². The largest absolute Gasteiger partial charge is 0.481 e. The third-order valence-corrected chi connectivity index (χ3v) is 7.05. The molecule has 0 saturated carbocycles. The van der Waals surface area contributed by atoms with Crippen molar-refractivity contribution < 1.29 is 19.1 Å². The summed E-state index contributed by atoms with van der Waals surface area (Å²) >= 11 is 1.54. The van der Waals surface area contributed by atoms with Gasteiger partial charge in [-0.25, -0.2) is 4.98 Å². The second-order valence-electron chi connectivity index (χ2n) is 9.68. The minimum Gasteiger partial charge on any atom is -0.481 e. The zero-order valence-electron chi connectivity index (χ0n) is 21.5. The molecule has 3 aromatic rings. The second kappa shape index (κ2) is 11.8. The molecule has 2 aromatic heterocycles. The molecule has 194 valence electrons. The van der Waals surface area contributed by atoms with Crippen molar-refractivity contribution in [2.45, 2.75) is 71.4 Å². The molecular weight excluding hydrogens is 490 g/mol. The van der Waals surface area contributed by atoms with Crippen molar-refractivity contribution in [3.63, 3.8) is 0 Å². The average molecular weight is 522 g/mol. The Morgan fingerprint density at radius 1 is 1.24 bits per heavy atom. The van der Waals surface area contributed by atoms with E-state index in [4.69, 9.17) is 14.2 Å². The van der Waals surface area contributed by atoms with Gasteiger partial charge in [0.25, 0.3) is 0 Å². The van der Waals surface area contributed by atoms with Crippen LogP contribution in [0.3, 0.4) is 0 Å². The van der Waals surface area contributed by atoms with Gasteiger partial charge in [0, 0.05) is 35.9 Å². The van der Waals surface area contributed by atoms with Gasteiger partial charge in [0.15, 0.2) is 6.29 Å². The zero-order valence-corrected chi connectivity index (χ0v) is 22.3. The molecule has 0 aliphatic carbocycles. The summed E-state index contributed by atoms with van der Waals surface area (Å²) in [5, 5.41) is 12.6. The number of nitro groups is 1. The van der Waals surface area contributed by atoms with E-state index in [0.717, 1.165) is 52.4 Å². The molecule has 4 rings (SSSR count). The molecular formula is C28H31N3O5S. The molecule has 0 bridgehead atoms. The van der Waals surface area contributed by atoms with Crippen LogP contribution in [-0.2, 0) is 16.1 Å². The van der Waals surface area contributed by atoms with Crippen LogP contribution in [0, 0.1) is 22.0 Å². The molecule has 9 heteroatoms. The fraction of sp³-hybridized carbons (Fsp3) is 0.429. The molecule has 3 heterocycles. The molecule has 0 amide bonds. The summed E-state index contributed by atoms with van der Waals surface area (Å²) in [5.74, 6) is 6.45. The number of aromatic nitrogens is 2. The van der Waals surface area contributed by atoms with Gasteiger partial charge in [-0.15, -0.1) is 11.3 Å². The van der Waals surface area contributed by atoms with E-state index in [2.05, 4.69) is 35.7 Å². The third-order valence-electron chi connectivity index (χ3n) is 5.70. The van der Waals surface area contributed by atoms with Crippen LogP contribution < -0.4 is 4.74 Å².